The molecule has 0 aromatic heterocycles. The number of hydrogen-bond acceptors (Lipinski definition) is 1. The molecule has 1 rings (SSSR count). The first kappa shape index (κ1) is 11.3. The summed E-state index contributed by atoms with van der Waals surface area (Å²) >= 11 is 0. The minimum atomic E-state index is 0.387. The molecule has 1 aromatic carbocycles. The Balaban J connectivity index is 3.30. The van der Waals surface area contributed by atoms with Gasteiger partial charge in [0.1, 0.15) is 5.75 Å². The highest BCUT2D eigenvalue weighted by molar-refractivity contribution is 7.19. The summed E-state index contributed by atoms with van der Waals surface area (Å²) < 4.78 is 0. The first-order valence-electron chi connectivity index (χ1n) is 4.94. The van der Waals surface area contributed by atoms with Crippen LogP contribution in [0.5, 0.6) is 5.75 Å². The molecule has 0 saturated heterocycles. The zero-order valence-electron chi connectivity index (χ0n) is 8.96. The molecule has 0 radical (unpaired) electrons. The van der Waals surface area contributed by atoms with Gasteiger partial charge in [0.15, 0.2) is 0 Å². The predicted molar refractivity (Wildman–Crippen MR) is 65.0 cm³/mol. The summed E-state index contributed by atoms with van der Waals surface area (Å²) in [7, 11) is 3.36. The first-order chi connectivity index (χ1) is 6.61. The monoisotopic (exact) mass is 208 g/mol. The second kappa shape index (κ2) is 4.61. The van der Waals surface area contributed by atoms with Crippen LogP contribution in [-0.2, 0) is 0 Å². The molecule has 14 heavy (non-hydrogen) atoms. The summed E-state index contributed by atoms with van der Waals surface area (Å²) in [4.78, 5) is 0. The average Bonchev–Trinajstić information content (AvgIpc) is 2.20. The van der Waals surface area contributed by atoms with E-state index in [2.05, 4.69) is 28.8 Å². The zero-order valence-corrected chi connectivity index (χ0v) is 9.96. The Morgan fingerprint density at radius 1 is 1.50 bits per heavy atom. The van der Waals surface area contributed by atoms with Crippen LogP contribution >= 0.6 is 8.86 Å². The molecule has 0 aliphatic heterocycles. The molecule has 1 unspecified atom stereocenters. The maximum Gasteiger partial charge on any atom is 0.126 e. The first-order valence-corrected chi connectivity index (χ1v) is 5.52. The molecule has 0 fully saturated rings. The van der Waals surface area contributed by atoms with Gasteiger partial charge in [-0.05, 0) is 36.2 Å². The number of rotatable bonds is 3. The normalized spacial score (nSPS) is 12.5. The third-order valence-electron chi connectivity index (χ3n) is 2.74. The Kier molecular flexibility index (Phi) is 3.71. The average molecular weight is 208 g/mol. The highest BCUT2D eigenvalue weighted by Crippen LogP contribution is 2.30. The second-order valence-corrected chi connectivity index (χ2v) is 3.98. The van der Waals surface area contributed by atoms with E-state index in [1.54, 1.807) is 5.80 Å². The molecule has 0 saturated carbocycles. The van der Waals surface area contributed by atoms with Crippen LogP contribution in [0.3, 0.4) is 0 Å². The van der Waals surface area contributed by atoms with E-state index in [-0.39, 0.29) is 0 Å². The molecule has 2 heteroatoms. The van der Waals surface area contributed by atoms with Crippen molar-refractivity contribution in [3.63, 3.8) is 0 Å². The second-order valence-electron chi connectivity index (χ2n) is 3.69. The molecule has 1 aromatic rings. The minimum Gasteiger partial charge on any atom is -0.507 e. The van der Waals surface area contributed by atoms with Gasteiger partial charge in [-0.2, -0.15) is 0 Å². The maximum atomic E-state index is 9.86. The van der Waals surface area contributed by atoms with Crippen LogP contribution in [0.1, 0.15) is 42.9 Å². The number of benzene rings is 1. The van der Waals surface area contributed by atoms with Gasteiger partial charge in [0.2, 0.25) is 0 Å². The quantitative estimate of drug-likeness (QED) is 0.753. The van der Waals surface area contributed by atoms with Gasteiger partial charge in [-0.3, -0.25) is 0 Å². The van der Waals surface area contributed by atoms with Crippen molar-refractivity contribution in [1.82, 2.24) is 0 Å². The SMILES string of the molecule is CCC(C)c1ccc(C)c(O)c1C=P. The molecule has 1 atom stereocenters. The molecule has 76 valence electrons. The molecule has 0 aliphatic carbocycles. The van der Waals surface area contributed by atoms with Crippen molar-refractivity contribution in [2.45, 2.75) is 33.1 Å². The van der Waals surface area contributed by atoms with E-state index >= 15 is 0 Å². The van der Waals surface area contributed by atoms with Gasteiger partial charge < -0.3 is 5.11 Å². The van der Waals surface area contributed by atoms with E-state index in [0.717, 1.165) is 17.5 Å². The predicted octanol–water partition coefficient (Wildman–Crippen LogP) is 3.51. The fourth-order valence-corrected chi connectivity index (χ4v) is 1.84. The Morgan fingerprint density at radius 3 is 2.64 bits per heavy atom. The van der Waals surface area contributed by atoms with Gasteiger partial charge >= 0.3 is 0 Å². The van der Waals surface area contributed by atoms with Gasteiger partial charge in [-0.25, -0.2) is 0 Å². The Bertz CT molecular complexity index is 344. The molecule has 0 heterocycles. The molecule has 0 aliphatic rings. The standard InChI is InChI=1S/C12H17OP/c1-4-8(2)10-6-5-9(3)12(13)11(10)7-14/h5-8,13-14H,4H2,1-3H3. The summed E-state index contributed by atoms with van der Waals surface area (Å²) in [5.41, 5.74) is 3.03. The largest absolute Gasteiger partial charge is 0.507 e. The minimum absolute atomic E-state index is 0.387. The molecule has 0 amide bonds. The van der Waals surface area contributed by atoms with Gasteiger partial charge in [-0.1, -0.05) is 26.0 Å². The van der Waals surface area contributed by atoms with Crippen molar-refractivity contribution < 1.29 is 5.11 Å². The van der Waals surface area contributed by atoms with Gasteiger partial charge in [0.25, 0.3) is 0 Å². The van der Waals surface area contributed by atoms with Gasteiger partial charge in [-0.15, -0.1) is 8.86 Å². The summed E-state index contributed by atoms with van der Waals surface area (Å²) in [5, 5.41) is 9.86. The number of aromatic hydroxyl groups is 1. The van der Waals surface area contributed by atoms with Crippen molar-refractivity contribution in [3.8, 4) is 5.75 Å². The van der Waals surface area contributed by atoms with E-state index < -0.39 is 0 Å². The lowest BCUT2D eigenvalue weighted by molar-refractivity contribution is 0.468. The van der Waals surface area contributed by atoms with E-state index in [9.17, 15) is 5.11 Å². The number of hydrogen-bond donors (Lipinski definition) is 1. The number of phenolic OH excluding ortho intramolecular Hbond substituents is 1. The number of phenols is 1. The summed E-state index contributed by atoms with van der Waals surface area (Å²) in [6.07, 6.45) is 1.08. The van der Waals surface area contributed by atoms with Crippen molar-refractivity contribution in [1.29, 1.82) is 0 Å². The van der Waals surface area contributed by atoms with Crippen LogP contribution in [0.2, 0.25) is 0 Å². The highest BCUT2D eigenvalue weighted by Gasteiger charge is 2.11. The van der Waals surface area contributed by atoms with Crippen molar-refractivity contribution in [2.75, 3.05) is 0 Å². The van der Waals surface area contributed by atoms with Crippen LogP contribution in [0.15, 0.2) is 12.1 Å². The molecule has 1 nitrogen and oxygen atoms in total. The van der Waals surface area contributed by atoms with Gasteiger partial charge in [0, 0.05) is 5.56 Å². The Morgan fingerprint density at radius 2 is 2.14 bits per heavy atom. The maximum absolute atomic E-state index is 9.86. The van der Waals surface area contributed by atoms with Crippen molar-refractivity contribution >= 4 is 14.7 Å². The van der Waals surface area contributed by atoms with Crippen molar-refractivity contribution in [2.24, 2.45) is 0 Å². The molecular weight excluding hydrogens is 191 g/mol. The lowest BCUT2D eigenvalue weighted by Gasteiger charge is -2.15. The van der Waals surface area contributed by atoms with Crippen LogP contribution in [0.4, 0.5) is 0 Å². The van der Waals surface area contributed by atoms with E-state index in [1.807, 2.05) is 13.0 Å². The lowest BCUT2D eigenvalue weighted by atomic mass is 9.92. The topological polar surface area (TPSA) is 20.2 Å². The van der Waals surface area contributed by atoms with Gasteiger partial charge in [0.05, 0.1) is 0 Å². The van der Waals surface area contributed by atoms with Crippen LogP contribution < -0.4 is 0 Å². The molecule has 0 bridgehead atoms. The zero-order chi connectivity index (χ0) is 10.7. The van der Waals surface area contributed by atoms with Crippen LogP contribution in [-0.4, -0.2) is 10.9 Å². The summed E-state index contributed by atoms with van der Waals surface area (Å²) in [6, 6.07) is 4.06. The highest BCUT2D eigenvalue weighted by atomic mass is 31.0. The summed E-state index contributed by atoms with van der Waals surface area (Å²) in [5.74, 6) is 2.66. The molecule has 0 spiro atoms. The van der Waals surface area contributed by atoms with E-state index in [4.69, 9.17) is 0 Å². The Hall–Kier alpha value is -0.810. The molecular formula is C12H17OP. The van der Waals surface area contributed by atoms with Crippen LogP contribution in [0, 0.1) is 6.92 Å². The van der Waals surface area contributed by atoms with Crippen LogP contribution in [0.25, 0.3) is 0 Å². The fourth-order valence-electron chi connectivity index (χ4n) is 1.53. The third-order valence-corrected chi connectivity index (χ3v) is 3.03. The molecule has 1 N–H and O–H groups in total. The Labute approximate surface area is 88.0 Å². The lowest BCUT2D eigenvalue weighted by Crippen LogP contribution is -1.98. The number of aryl methyl sites for hydroxylation is 1. The van der Waals surface area contributed by atoms with E-state index in [0.29, 0.717) is 11.7 Å². The smallest absolute Gasteiger partial charge is 0.126 e. The van der Waals surface area contributed by atoms with E-state index in [1.165, 1.54) is 5.56 Å². The van der Waals surface area contributed by atoms with Crippen molar-refractivity contribution in [3.05, 3.63) is 28.8 Å². The fraction of sp³-hybridized carbons (Fsp3) is 0.417. The third kappa shape index (κ3) is 1.99. The summed E-state index contributed by atoms with van der Waals surface area (Å²) in [6.45, 7) is 6.23.